The van der Waals surface area contributed by atoms with Gasteiger partial charge >= 0.3 is 35.2 Å². The van der Waals surface area contributed by atoms with E-state index in [1.807, 2.05) is 41.5 Å². The molecule has 1 aromatic heterocycles. The Balaban J connectivity index is 2.80. The van der Waals surface area contributed by atoms with Gasteiger partial charge in [0.05, 0.1) is 0 Å². The van der Waals surface area contributed by atoms with Gasteiger partial charge in [0.25, 0.3) is 0 Å². The van der Waals surface area contributed by atoms with Gasteiger partial charge in [-0.25, -0.2) is 57.4 Å². The maximum Gasteiger partial charge on any atom is 0.340 e. The second kappa shape index (κ2) is 26.6. The summed E-state index contributed by atoms with van der Waals surface area (Å²) in [5, 5.41) is 8.32. The van der Waals surface area contributed by atoms with Crippen LogP contribution in [0, 0.1) is 0 Å². The number of carbonyl (C=O) groups is 3. The van der Waals surface area contributed by atoms with Crippen molar-refractivity contribution in [2.45, 2.75) is 157 Å². The molecule has 0 saturated heterocycles. The van der Waals surface area contributed by atoms with Crippen LogP contribution in [0.5, 0.6) is 0 Å². The van der Waals surface area contributed by atoms with Crippen LogP contribution in [0.2, 0.25) is 0 Å². The Hall–Kier alpha value is -4.17. The zero-order chi connectivity index (χ0) is 38.0. The van der Waals surface area contributed by atoms with Gasteiger partial charge in [0.1, 0.15) is 0 Å². The summed E-state index contributed by atoms with van der Waals surface area (Å²) in [6.07, 6.45) is 10.8. The summed E-state index contributed by atoms with van der Waals surface area (Å²) in [6.45, 7) is 13.3. The summed E-state index contributed by atoms with van der Waals surface area (Å²) in [7, 11) is 0. The van der Waals surface area contributed by atoms with E-state index in [2.05, 4.69) is 30.9 Å². The van der Waals surface area contributed by atoms with Crippen LogP contribution in [0.3, 0.4) is 0 Å². The highest BCUT2D eigenvalue weighted by Crippen LogP contribution is 2.03. The number of nitrogens with zero attached hydrogens (tertiary/aromatic N) is 6. The van der Waals surface area contributed by atoms with Crippen LogP contribution in [0.25, 0.3) is 0 Å². The average molecular weight is 718 g/mol. The first-order valence-corrected chi connectivity index (χ1v) is 18.8. The molecule has 0 unspecified atom stereocenters. The molecule has 3 N–H and O–H groups in total. The first kappa shape index (κ1) is 44.9. The molecule has 6 amide bonds. The van der Waals surface area contributed by atoms with E-state index in [0.717, 1.165) is 74.9 Å². The third kappa shape index (κ3) is 19.1. The molecule has 0 aliphatic heterocycles. The van der Waals surface area contributed by atoms with E-state index in [1.165, 1.54) is 13.7 Å². The van der Waals surface area contributed by atoms with Crippen LogP contribution in [-0.2, 0) is 19.6 Å². The highest BCUT2D eigenvalue weighted by molar-refractivity contribution is 5.94. The predicted octanol–water partition coefficient (Wildman–Crippen LogP) is 5.59. The van der Waals surface area contributed by atoms with E-state index in [4.69, 9.17) is 0 Å². The van der Waals surface area contributed by atoms with Gasteiger partial charge in [0, 0.05) is 56.4 Å². The van der Waals surface area contributed by atoms with Gasteiger partial charge in [-0.2, -0.15) is 0 Å². The van der Waals surface area contributed by atoms with E-state index >= 15 is 0 Å². The molecule has 15 nitrogen and oxygen atoms in total. The molecule has 0 spiro atoms. The van der Waals surface area contributed by atoms with Crippen molar-refractivity contribution < 1.29 is 14.4 Å². The number of aromatic nitrogens is 3. The molecule has 0 radical (unpaired) electrons. The van der Waals surface area contributed by atoms with Crippen molar-refractivity contribution in [3.05, 3.63) is 31.5 Å². The number of hydrogen-bond donors (Lipinski definition) is 3. The molecular formula is C36H63N9O6. The topological polar surface area (TPSA) is 190 Å². The molecule has 51 heavy (non-hydrogen) atoms. The van der Waals surface area contributed by atoms with Crippen molar-refractivity contribution in [3.63, 3.8) is 0 Å². The molecule has 1 rings (SSSR count). The minimum atomic E-state index is -0.592. The lowest BCUT2D eigenvalue weighted by Crippen LogP contribution is -2.54. The minimum absolute atomic E-state index is 0.198. The Labute approximate surface area is 302 Å². The number of amides is 6. The fourth-order valence-corrected chi connectivity index (χ4v) is 4.96. The summed E-state index contributed by atoms with van der Waals surface area (Å²) in [5.74, 6) is 0. The normalized spacial score (nSPS) is 12.2. The summed E-state index contributed by atoms with van der Waals surface area (Å²) >= 11 is 0. The maximum atomic E-state index is 13.4. The van der Waals surface area contributed by atoms with Crippen molar-refractivity contribution in [2.24, 2.45) is 15.0 Å². The molecule has 0 atom stereocenters. The summed E-state index contributed by atoms with van der Waals surface area (Å²) in [6, 6.07) is -1.04. The molecule has 0 saturated carbocycles. The molecule has 0 bridgehead atoms. The van der Waals surface area contributed by atoms with E-state index in [9.17, 15) is 28.8 Å². The van der Waals surface area contributed by atoms with Gasteiger partial charge in [0.15, 0.2) is 0 Å². The van der Waals surface area contributed by atoms with Gasteiger partial charge in [-0.1, -0.05) is 59.3 Å². The van der Waals surface area contributed by atoms with Crippen LogP contribution in [0.1, 0.15) is 138 Å². The molecule has 1 heterocycles. The summed E-state index contributed by atoms with van der Waals surface area (Å²) in [4.78, 5) is 87.6. The highest BCUT2D eigenvalue weighted by atomic mass is 16.2. The first-order chi connectivity index (χ1) is 24.4. The monoisotopic (exact) mass is 717 g/mol. The molecule has 15 heteroatoms. The Morgan fingerprint density at radius 2 is 0.667 bits per heavy atom. The Bertz CT molecular complexity index is 1300. The van der Waals surface area contributed by atoms with Gasteiger partial charge in [-0.05, 0) is 78.6 Å². The fraction of sp³-hybridized carbons (Fsp3) is 0.750. The lowest BCUT2D eigenvalue weighted by Gasteiger charge is -2.14. The zero-order valence-corrected chi connectivity index (χ0v) is 32.0. The van der Waals surface area contributed by atoms with Crippen LogP contribution in [-0.4, -0.2) is 68.6 Å². The number of rotatable bonds is 24. The Kier molecular flexibility index (Phi) is 23.4. The smallest absolute Gasteiger partial charge is 0.336 e. The van der Waals surface area contributed by atoms with Crippen molar-refractivity contribution in [1.29, 1.82) is 0 Å². The molecular weight excluding hydrogens is 654 g/mol. The molecule has 0 aliphatic rings. The van der Waals surface area contributed by atoms with Crippen LogP contribution < -0.4 is 33.0 Å². The van der Waals surface area contributed by atoms with Gasteiger partial charge in [0.2, 0.25) is 0 Å². The van der Waals surface area contributed by atoms with Crippen molar-refractivity contribution >= 4 is 35.2 Å². The second-order valence-corrected chi connectivity index (χ2v) is 12.8. The summed E-state index contributed by atoms with van der Waals surface area (Å²) in [5.41, 5.74) is 0.537. The number of unbranched alkanes of at least 4 members (excludes halogenated alkanes) is 9. The predicted molar refractivity (Wildman–Crippen MR) is 205 cm³/mol. The fourth-order valence-electron chi connectivity index (χ4n) is 4.96. The van der Waals surface area contributed by atoms with E-state index in [-0.39, 0.29) is 37.7 Å². The standard InChI is InChI=1S/C36H63N9O6/c1-7-28(4)40-31(46)37-22-16-10-13-19-25-43-34(49)44(26-20-14-11-17-23-38-32(47)41-29(5)8-2)36(51)45(35(43)50)27-21-15-12-18-24-39-33(48)42-30(6)9-3/h7-27H2,1-6H3,(H,37,46)(H,38,47)(H,39,48)/b40-28+,41-29+,42-30+. The van der Waals surface area contributed by atoms with Crippen LogP contribution in [0.15, 0.2) is 29.4 Å². The van der Waals surface area contributed by atoms with E-state index in [1.54, 1.807) is 0 Å². The molecule has 0 aliphatic carbocycles. The lowest BCUT2D eigenvalue weighted by molar-refractivity contribution is 0.248. The highest BCUT2D eigenvalue weighted by Gasteiger charge is 2.15. The van der Waals surface area contributed by atoms with E-state index in [0.29, 0.717) is 58.2 Å². The third-order valence-electron chi connectivity index (χ3n) is 8.55. The maximum absolute atomic E-state index is 13.4. The average Bonchev–Trinajstić information content (AvgIpc) is 3.10. The van der Waals surface area contributed by atoms with Crippen molar-refractivity contribution in [2.75, 3.05) is 19.6 Å². The number of aliphatic imine (C=N–C) groups is 3. The van der Waals surface area contributed by atoms with Crippen LogP contribution in [0.4, 0.5) is 14.4 Å². The van der Waals surface area contributed by atoms with Crippen LogP contribution >= 0.6 is 0 Å². The van der Waals surface area contributed by atoms with Gasteiger partial charge in [-0.3, -0.25) is 0 Å². The molecule has 1 aromatic rings. The number of urea groups is 3. The summed E-state index contributed by atoms with van der Waals surface area (Å²) < 4.78 is 3.52. The minimum Gasteiger partial charge on any atom is -0.336 e. The zero-order valence-electron chi connectivity index (χ0n) is 32.0. The van der Waals surface area contributed by atoms with E-state index < -0.39 is 17.1 Å². The molecule has 288 valence electrons. The second-order valence-electron chi connectivity index (χ2n) is 12.8. The SMILES string of the molecule is CC/C(C)=N/C(=O)NCCCCCCn1c(=O)n(CCCCCCNC(=O)/N=C(\C)CC)c(=O)n(CCCCCCNC(=O)/N=C(\C)CC)c1=O. The largest absolute Gasteiger partial charge is 0.340 e. The number of nitrogens with one attached hydrogen (secondary N) is 3. The third-order valence-corrected chi connectivity index (χ3v) is 8.55. The first-order valence-electron chi connectivity index (χ1n) is 18.8. The Morgan fingerprint density at radius 1 is 0.431 bits per heavy atom. The Morgan fingerprint density at radius 3 is 0.902 bits per heavy atom. The van der Waals surface area contributed by atoms with Gasteiger partial charge < -0.3 is 16.0 Å². The quantitative estimate of drug-likeness (QED) is 0.0922. The lowest BCUT2D eigenvalue weighted by atomic mass is 10.2. The van der Waals surface area contributed by atoms with Gasteiger partial charge in [-0.15, -0.1) is 0 Å². The molecule has 0 aromatic carbocycles. The van der Waals surface area contributed by atoms with Crippen molar-refractivity contribution in [1.82, 2.24) is 29.7 Å². The molecule has 0 fully saturated rings. The number of carbonyl (C=O) groups excluding carboxylic acids is 3. The van der Waals surface area contributed by atoms with Crippen molar-refractivity contribution in [3.8, 4) is 0 Å². The number of hydrogen-bond acceptors (Lipinski definition) is 6.